The minimum Gasteiger partial charge on any atom is -0.258 e. The summed E-state index contributed by atoms with van der Waals surface area (Å²) in [5.74, 6) is 0. The quantitative estimate of drug-likeness (QED) is 0.479. The molecule has 3 rings (SSSR count). The second kappa shape index (κ2) is 5.75. The van der Waals surface area contributed by atoms with Crippen molar-refractivity contribution in [1.82, 2.24) is 4.98 Å². The van der Waals surface area contributed by atoms with Crippen molar-refractivity contribution in [2.24, 2.45) is 0 Å². The standard InChI is InChI=1S/C15H9BrN2O2S/c16-13-7-2-1-6-12(13)15-17-14(9-21-15)10-4-3-5-11(8-10)18(19)20/h1-9H. The lowest BCUT2D eigenvalue weighted by molar-refractivity contribution is -0.384. The molecular formula is C15H9BrN2O2S. The van der Waals surface area contributed by atoms with Gasteiger partial charge in [0.05, 0.1) is 10.6 Å². The molecule has 1 heterocycles. The Balaban J connectivity index is 2.01. The van der Waals surface area contributed by atoms with Crippen molar-refractivity contribution in [3.8, 4) is 21.8 Å². The summed E-state index contributed by atoms with van der Waals surface area (Å²) in [6, 6.07) is 14.4. The zero-order chi connectivity index (χ0) is 14.8. The van der Waals surface area contributed by atoms with E-state index in [1.807, 2.05) is 35.7 Å². The van der Waals surface area contributed by atoms with E-state index in [2.05, 4.69) is 20.9 Å². The molecule has 0 aliphatic rings. The average molecular weight is 361 g/mol. The Labute approximate surface area is 133 Å². The fourth-order valence-corrected chi connectivity index (χ4v) is 3.42. The van der Waals surface area contributed by atoms with E-state index in [-0.39, 0.29) is 5.69 Å². The molecule has 0 fully saturated rings. The highest BCUT2D eigenvalue weighted by atomic mass is 79.9. The molecule has 0 unspecified atom stereocenters. The largest absolute Gasteiger partial charge is 0.270 e. The number of nitro groups is 1. The number of hydrogen-bond donors (Lipinski definition) is 0. The molecule has 21 heavy (non-hydrogen) atoms. The molecule has 2 aromatic carbocycles. The predicted molar refractivity (Wildman–Crippen MR) is 87.3 cm³/mol. The van der Waals surface area contributed by atoms with Gasteiger partial charge in [-0.2, -0.15) is 0 Å². The van der Waals surface area contributed by atoms with E-state index < -0.39 is 4.92 Å². The third-order valence-electron chi connectivity index (χ3n) is 2.96. The first-order valence-electron chi connectivity index (χ1n) is 6.10. The molecular weight excluding hydrogens is 352 g/mol. The van der Waals surface area contributed by atoms with Crippen molar-refractivity contribution in [3.63, 3.8) is 0 Å². The molecule has 0 bridgehead atoms. The Morgan fingerprint density at radius 3 is 2.71 bits per heavy atom. The molecule has 0 N–H and O–H groups in total. The van der Waals surface area contributed by atoms with Crippen LogP contribution < -0.4 is 0 Å². The van der Waals surface area contributed by atoms with Crippen molar-refractivity contribution in [2.75, 3.05) is 0 Å². The van der Waals surface area contributed by atoms with Gasteiger partial charge in [-0.25, -0.2) is 4.98 Å². The van der Waals surface area contributed by atoms with Crippen LogP contribution in [0.5, 0.6) is 0 Å². The lowest BCUT2D eigenvalue weighted by Crippen LogP contribution is -1.88. The Hall–Kier alpha value is -2.05. The van der Waals surface area contributed by atoms with Crippen LogP contribution in [0.3, 0.4) is 0 Å². The molecule has 104 valence electrons. The normalized spacial score (nSPS) is 10.5. The van der Waals surface area contributed by atoms with Crippen LogP contribution in [0.2, 0.25) is 0 Å². The zero-order valence-corrected chi connectivity index (χ0v) is 13.1. The maximum atomic E-state index is 10.8. The Morgan fingerprint density at radius 1 is 1.14 bits per heavy atom. The van der Waals surface area contributed by atoms with Gasteiger partial charge in [0.2, 0.25) is 0 Å². The highest BCUT2D eigenvalue weighted by Gasteiger charge is 2.12. The maximum absolute atomic E-state index is 10.8. The van der Waals surface area contributed by atoms with E-state index >= 15 is 0 Å². The Bertz CT molecular complexity index is 817. The SMILES string of the molecule is O=[N+]([O-])c1cccc(-c2csc(-c3ccccc3Br)n2)c1. The zero-order valence-electron chi connectivity index (χ0n) is 10.7. The highest BCUT2D eigenvalue weighted by molar-refractivity contribution is 9.10. The minimum atomic E-state index is -0.398. The monoisotopic (exact) mass is 360 g/mol. The fraction of sp³-hybridized carbons (Fsp3) is 0. The van der Waals surface area contributed by atoms with Gasteiger partial charge >= 0.3 is 0 Å². The van der Waals surface area contributed by atoms with Crippen LogP contribution in [-0.2, 0) is 0 Å². The topological polar surface area (TPSA) is 56.0 Å². The molecule has 6 heteroatoms. The third-order valence-corrected chi connectivity index (χ3v) is 4.53. The van der Waals surface area contributed by atoms with Crippen molar-refractivity contribution >= 4 is 33.0 Å². The lowest BCUT2D eigenvalue weighted by Gasteiger charge is -1.99. The molecule has 0 saturated heterocycles. The lowest BCUT2D eigenvalue weighted by atomic mass is 10.1. The van der Waals surface area contributed by atoms with Crippen LogP contribution in [0.1, 0.15) is 0 Å². The number of hydrogen-bond acceptors (Lipinski definition) is 4. The van der Waals surface area contributed by atoms with Crippen LogP contribution in [-0.4, -0.2) is 9.91 Å². The first kappa shape index (κ1) is 13.9. The van der Waals surface area contributed by atoms with Gasteiger partial charge in [0, 0.05) is 33.1 Å². The van der Waals surface area contributed by atoms with E-state index in [9.17, 15) is 10.1 Å². The average Bonchev–Trinajstić information content (AvgIpc) is 2.97. The van der Waals surface area contributed by atoms with E-state index in [0.29, 0.717) is 0 Å². The summed E-state index contributed by atoms with van der Waals surface area (Å²) in [5.41, 5.74) is 2.58. The number of thiazole rings is 1. The summed E-state index contributed by atoms with van der Waals surface area (Å²) in [5, 5.41) is 13.6. The van der Waals surface area contributed by atoms with Gasteiger partial charge in [-0.3, -0.25) is 10.1 Å². The number of rotatable bonds is 3. The number of nitro benzene ring substituents is 1. The molecule has 0 saturated carbocycles. The Morgan fingerprint density at radius 2 is 1.95 bits per heavy atom. The summed E-state index contributed by atoms with van der Waals surface area (Å²) in [4.78, 5) is 15.0. The second-order valence-electron chi connectivity index (χ2n) is 4.33. The number of aromatic nitrogens is 1. The van der Waals surface area contributed by atoms with Gasteiger partial charge in [-0.05, 0) is 6.07 Å². The summed E-state index contributed by atoms with van der Waals surface area (Å²) in [6.45, 7) is 0. The fourth-order valence-electron chi connectivity index (χ4n) is 1.94. The summed E-state index contributed by atoms with van der Waals surface area (Å²) < 4.78 is 0.977. The molecule has 1 aromatic heterocycles. The second-order valence-corrected chi connectivity index (χ2v) is 6.04. The van der Waals surface area contributed by atoms with E-state index in [0.717, 1.165) is 26.3 Å². The minimum absolute atomic E-state index is 0.0722. The molecule has 0 amide bonds. The van der Waals surface area contributed by atoms with E-state index in [1.54, 1.807) is 12.1 Å². The van der Waals surface area contributed by atoms with Crippen LogP contribution in [0.4, 0.5) is 5.69 Å². The molecule has 0 radical (unpaired) electrons. The van der Waals surface area contributed by atoms with Gasteiger partial charge in [-0.1, -0.05) is 46.3 Å². The molecule has 0 aliphatic carbocycles. The van der Waals surface area contributed by atoms with Crippen molar-refractivity contribution in [2.45, 2.75) is 0 Å². The van der Waals surface area contributed by atoms with Crippen LogP contribution >= 0.6 is 27.3 Å². The number of benzene rings is 2. The molecule has 0 spiro atoms. The molecule has 0 aliphatic heterocycles. The predicted octanol–water partition coefficient (Wildman–Crippen LogP) is 5.15. The first-order chi connectivity index (χ1) is 10.1. The summed E-state index contributed by atoms with van der Waals surface area (Å²) in [6.07, 6.45) is 0. The van der Waals surface area contributed by atoms with Crippen molar-refractivity contribution < 1.29 is 4.92 Å². The van der Waals surface area contributed by atoms with Gasteiger partial charge in [0.15, 0.2) is 0 Å². The van der Waals surface area contributed by atoms with Crippen molar-refractivity contribution in [1.29, 1.82) is 0 Å². The van der Waals surface area contributed by atoms with Gasteiger partial charge in [-0.15, -0.1) is 11.3 Å². The maximum Gasteiger partial charge on any atom is 0.270 e. The smallest absolute Gasteiger partial charge is 0.258 e. The highest BCUT2D eigenvalue weighted by Crippen LogP contribution is 2.33. The van der Waals surface area contributed by atoms with Crippen LogP contribution in [0.15, 0.2) is 58.4 Å². The third kappa shape index (κ3) is 2.86. The number of nitrogens with zero attached hydrogens (tertiary/aromatic N) is 2. The van der Waals surface area contributed by atoms with Crippen molar-refractivity contribution in [3.05, 3.63) is 68.5 Å². The summed E-state index contributed by atoms with van der Waals surface area (Å²) in [7, 11) is 0. The van der Waals surface area contributed by atoms with Crippen LogP contribution in [0, 0.1) is 10.1 Å². The molecule has 4 nitrogen and oxygen atoms in total. The number of halogens is 1. The number of non-ortho nitro benzene ring substituents is 1. The van der Waals surface area contributed by atoms with E-state index in [1.165, 1.54) is 17.4 Å². The van der Waals surface area contributed by atoms with Crippen LogP contribution in [0.25, 0.3) is 21.8 Å². The van der Waals surface area contributed by atoms with Gasteiger partial charge in [0.1, 0.15) is 5.01 Å². The molecule has 3 aromatic rings. The van der Waals surface area contributed by atoms with Gasteiger partial charge in [0.25, 0.3) is 5.69 Å². The Kier molecular flexibility index (Phi) is 3.81. The molecule has 0 atom stereocenters. The van der Waals surface area contributed by atoms with E-state index in [4.69, 9.17) is 0 Å². The summed E-state index contributed by atoms with van der Waals surface area (Å²) >= 11 is 5.02. The first-order valence-corrected chi connectivity index (χ1v) is 7.77. The van der Waals surface area contributed by atoms with Gasteiger partial charge < -0.3 is 0 Å².